The predicted molar refractivity (Wildman–Crippen MR) is 87.5 cm³/mol. The van der Waals surface area contributed by atoms with Crippen molar-refractivity contribution in [2.75, 3.05) is 7.11 Å². The molecule has 7 heteroatoms. The highest BCUT2D eigenvalue weighted by molar-refractivity contribution is 5.88. The van der Waals surface area contributed by atoms with E-state index in [2.05, 4.69) is 15.1 Å². The fraction of sp³-hybridized carbons (Fsp3) is 0.176. The van der Waals surface area contributed by atoms with E-state index in [0.717, 1.165) is 5.56 Å². The Morgan fingerprint density at radius 2 is 2.12 bits per heavy atom. The van der Waals surface area contributed by atoms with E-state index in [0.29, 0.717) is 29.6 Å². The topological polar surface area (TPSA) is 90.1 Å². The molecule has 0 saturated carbocycles. The largest absolute Gasteiger partial charge is 0.481 e. The summed E-state index contributed by atoms with van der Waals surface area (Å²) in [6.07, 6.45) is 2.32. The zero-order chi connectivity index (χ0) is 17.1. The monoisotopic (exact) mass is 324 g/mol. The number of hydrogen-bond donors (Lipinski definition) is 1. The van der Waals surface area contributed by atoms with E-state index in [1.54, 1.807) is 42.3 Å². The van der Waals surface area contributed by atoms with E-state index in [1.807, 2.05) is 13.0 Å². The van der Waals surface area contributed by atoms with Gasteiger partial charge in [-0.1, -0.05) is 13.0 Å². The molecule has 0 unspecified atom stereocenters. The molecule has 2 aromatic heterocycles. The van der Waals surface area contributed by atoms with Crippen LogP contribution in [0.4, 0.5) is 0 Å². The molecule has 1 N–H and O–H groups in total. The van der Waals surface area contributed by atoms with Gasteiger partial charge in [0.05, 0.1) is 18.4 Å². The fourth-order valence-electron chi connectivity index (χ4n) is 2.28. The van der Waals surface area contributed by atoms with E-state index in [4.69, 9.17) is 4.74 Å². The predicted octanol–water partition coefficient (Wildman–Crippen LogP) is 2.60. The molecular formula is C17H16N4O3. The Balaban J connectivity index is 2.12. The second kappa shape index (κ2) is 6.49. The van der Waals surface area contributed by atoms with Gasteiger partial charge in [-0.25, -0.2) is 19.4 Å². The first-order valence-electron chi connectivity index (χ1n) is 7.42. The van der Waals surface area contributed by atoms with Crippen LogP contribution in [0, 0.1) is 0 Å². The van der Waals surface area contributed by atoms with Crippen LogP contribution in [0.3, 0.4) is 0 Å². The van der Waals surface area contributed by atoms with Gasteiger partial charge in [0.25, 0.3) is 0 Å². The van der Waals surface area contributed by atoms with Crippen LogP contribution >= 0.6 is 0 Å². The van der Waals surface area contributed by atoms with Gasteiger partial charge >= 0.3 is 5.97 Å². The first kappa shape index (κ1) is 15.7. The van der Waals surface area contributed by atoms with Crippen molar-refractivity contribution in [3.8, 4) is 23.0 Å². The number of aromatic carboxylic acids is 1. The maximum Gasteiger partial charge on any atom is 0.335 e. The molecule has 7 nitrogen and oxygen atoms in total. The molecule has 0 spiro atoms. The number of pyridine rings is 1. The lowest BCUT2D eigenvalue weighted by Gasteiger charge is -2.07. The number of rotatable bonds is 5. The van der Waals surface area contributed by atoms with Crippen LogP contribution in [0.15, 0.2) is 42.6 Å². The average molecular weight is 324 g/mol. The zero-order valence-corrected chi connectivity index (χ0v) is 13.3. The summed E-state index contributed by atoms with van der Waals surface area (Å²) >= 11 is 0. The first-order chi connectivity index (χ1) is 11.6. The van der Waals surface area contributed by atoms with Crippen LogP contribution in [-0.4, -0.2) is 37.9 Å². The molecule has 0 aliphatic carbocycles. The second-order valence-corrected chi connectivity index (χ2v) is 5.06. The van der Waals surface area contributed by atoms with E-state index in [9.17, 15) is 9.90 Å². The number of aromatic nitrogens is 4. The maximum absolute atomic E-state index is 11.2. The quantitative estimate of drug-likeness (QED) is 0.776. The summed E-state index contributed by atoms with van der Waals surface area (Å²) in [5.74, 6) is 0.792. The molecule has 0 aliphatic rings. The number of benzene rings is 1. The van der Waals surface area contributed by atoms with E-state index in [1.165, 1.54) is 6.07 Å². The summed E-state index contributed by atoms with van der Waals surface area (Å²) in [5.41, 5.74) is 1.59. The van der Waals surface area contributed by atoms with Gasteiger partial charge < -0.3 is 9.84 Å². The number of carbonyl (C=O) groups is 1. The molecule has 0 fully saturated rings. The van der Waals surface area contributed by atoms with Crippen LogP contribution in [0.25, 0.3) is 17.1 Å². The number of carboxylic acids is 1. The van der Waals surface area contributed by atoms with Crippen molar-refractivity contribution < 1.29 is 14.6 Å². The number of nitrogens with zero attached hydrogens (tertiary/aromatic N) is 4. The SMILES string of the molecule is CCc1nc(-c2ccc(OC)nc2)n(-c2cccc(C(=O)O)c2)n1. The molecule has 0 saturated heterocycles. The molecule has 0 amide bonds. The third-order valence-corrected chi connectivity index (χ3v) is 3.51. The number of methoxy groups -OCH3 is 1. The standard InChI is InChI=1S/C17H16N4O3/c1-3-14-19-16(12-7-8-15(24-2)18-10-12)21(20-14)13-6-4-5-11(9-13)17(22)23/h4-10H,3H2,1-2H3,(H,22,23). The molecule has 122 valence electrons. The Hall–Kier alpha value is -3.22. The van der Waals surface area contributed by atoms with Gasteiger partial charge in [-0.3, -0.25) is 0 Å². The lowest BCUT2D eigenvalue weighted by atomic mass is 10.2. The van der Waals surface area contributed by atoms with E-state index in [-0.39, 0.29) is 5.56 Å². The average Bonchev–Trinajstić information content (AvgIpc) is 3.06. The summed E-state index contributed by atoms with van der Waals surface area (Å²) in [6.45, 7) is 1.96. The first-order valence-corrected chi connectivity index (χ1v) is 7.42. The highest BCUT2D eigenvalue weighted by atomic mass is 16.5. The maximum atomic E-state index is 11.2. The summed E-state index contributed by atoms with van der Waals surface area (Å²) in [7, 11) is 1.55. The van der Waals surface area contributed by atoms with E-state index >= 15 is 0 Å². The van der Waals surface area contributed by atoms with Gasteiger partial charge in [0.1, 0.15) is 0 Å². The van der Waals surface area contributed by atoms with Crippen molar-refractivity contribution in [1.82, 2.24) is 19.7 Å². The number of hydrogen-bond acceptors (Lipinski definition) is 5. The Morgan fingerprint density at radius 1 is 1.29 bits per heavy atom. The Bertz CT molecular complexity index is 872. The van der Waals surface area contributed by atoms with Crippen molar-refractivity contribution in [3.05, 3.63) is 54.0 Å². The molecule has 3 aromatic rings. The molecular weight excluding hydrogens is 308 g/mol. The number of ether oxygens (including phenoxy) is 1. The van der Waals surface area contributed by atoms with Gasteiger partial charge in [-0.2, -0.15) is 5.10 Å². The molecule has 0 aliphatic heterocycles. The molecule has 0 bridgehead atoms. The van der Waals surface area contributed by atoms with Gasteiger partial charge in [-0.05, 0) is 24.3 Å². The van der Waals surface area contributed by atoms with Crippen molar-refractivity contribution in [1.29, 1.82) is 0 Å². The summed E-state index contributed by atoms with van der Waals surface area (Å²) in [4.78, 5) is 19.9. The minimum absolute atomic E-state index is 0.194. The highest BCUT2D eigenvalue weighted by Gasteiger charge is 2.14. The van der Waals surface area contributed by atoms with Crippen LogP contribution in [0.1, 0.15) is 23.1 Å². The Kier molecular flexibility index (Phi) is 4.24. The van der Waals surface area contributed by atoms with Crippen LogP contribution in [0.2, 0.25) is 0 Å². The lowest BCUT2D eigenvalue weighted by Crippen LogP contribution is -2.03. The van der Waals surface area contributed by atoms with Crippen molar-refractivity contribution in [2.24, 2.45) is 0 Å². The second-order valence-electron chi connectivity index (χ2n) is 5.06. The minimum Gasteiger partial charge on any atom is -0.481 e. The number of aryl methyl sites for hydroxylation is 1. The van der Waals surface area contributed by atoms with Crippen LogP contribution in [-0.2, 0) is 6.42 Å². The molecule has 1 aromatic carbocycles. The minimum atomic E-state index is -0.986. The van der Waals surface area contributed by atoms with Crippen molar-refractivity contribution in [3.63, 3.8) is 0 Å². The third-order valence-electron chi connectivity index (χ3n) is 3.51. The smallest absolute Gasteiger partial charge is 0.335 e. The molecule has 3 rings (SSSR count). The summed E-state index contributed by atoms with van der Waals surface area (Å²) in [6, 6.07) is 10.2. The van der Waals surface area contributed by atoms with E-state index < -0.39 is 5.97 Å². The van der Waals surface area contributed by atoms with Crippen molar-refractivity contribution >= 4 is 5.97 Å². The van der Waals surface area contributed by atoms with Gasteiger partial charge in [0.2, 0.25) is 5.88 Å². The highest BCUT2D eigenvalue weighted by Crippen LogP contribution is 2.23. The molecule has 0 atom stereocenters. The zero-order valence-electron chi connectivity index (χ0n) is 13.3. The third kappa shape index (κ3) is 2.96. The van der Waals surface area contributed by atoms with Crippen LogP contribution in [0.5, 0.6) is 5.88 Å². The number of carboxylic acid groups (broad SMARTS) is 1. The van der Waals surface area contributed by atoms with Crippen molar-refractivity contribution in [2.45, 2.75) is 13.3 Å². The fourth-order valence-corrected chi connectivity index (χ4v) is 2.28. The van der Waals surface area contributed by atoms with Gasteiger partial charge in [0, 0.05) is 24.2 Å². The Labute approximate surface area is 138 Å². The van der Waals surface area contributed by atoms with Gasteiger partial charge in [-0.15, -0.1) is 0 Å². The summed E-state index contributed by atoms with van der Waals surface area (Å²) < 4.78 is 6.70. The lowest BCUT2D eigenvalue weighted by molar-refractivity contribution is 0.0697. The molecule has 2 heterocycles. The van der Waals surface area contributed by atoms with Crippen LogP contribution < -0.4 is 4.74 Å². The Morgan fingerprint density at radius 3 is 2.75 bits per heavy atom. The normalized spacial score (nSPS) is 10.6. The van der Waals surface area contributed by atoms with Gasteiger partial charge in [0.15, 0.2) is 11.6 Å². The molecule has 24 heavy (non-hydrogen) atoms. The molecule has 0 radical (unpaired) electrons. The summed E-state index contributed by atoms with van der Waals surface area (Å²) in [5, 5.41) is 13.7.